The van der Waals surface area contributed by atoms with Crippen LogP contribution in [-0.2, 0) is 12.6 Å². The lowest BCUT2D eigenvalue weighted by Gasteiger charge is -2.12. The summed E-state index contributed by atoms with van der Waals surface area (Å²) < 4.78 is 38.1. The molecule has 1 aromatic heterocycles. The van der Waals surface area contributed by atoms with Crippen molar-refractivity contribution in [2.24, 2.45) is 0 Å². The fourth-order valence-corrected chi connectivity index (χ4v) is 2.82. The van der Waals surface area contributed by atoms with Gasteiger partial charge in [0, 0.05) is 29.3 Å². The van der Waals surface area contributed by atoms with Gasteiger partial charge in [-0.15, -0.1) is 0 Å². The minimum Gasteiger partial charge on any atom is -0.362 e. The summed E-state index contributed by atoms with van der Waals surface area (Å²) in [5.41, 5.74) is 1.82. The molecule has 0 bridgehead atoms. The summed E-state index contributed by atoms with van der Waals surface area (Å²) >= 11 is 5.15. The van der Waals surface area contributed by atoms with Crippen molar-refractivity contribution in [2.45, 2.75) is 12.6 Å². The third-order valence-corrected chi connectivity index (χ3v) is 4.05. The molecule has 0 saturated carbocycles. The van der Waals surface area contributed by atoms with Crippen LogP contribution in [-0.4, -0.2) is 16.6 Å². The minimum absolute atomic E-state index is 0.291. The highest BCUT2D eigenvalue weighted by atomic mass is 32.1. The Hall–Kier alpha value is -2.54. The van der Waals surface area contributed by atoms with Crippen LogP contribution in [0.2, 0.25) is 0 Å². The Kier molecular flexibility index (Phi) is 4.94. The average molecular weight is 363 g/mol. The second kappa shape index (κ2) is 7.14. The highest BCUT2D eigenvalue weighted by Crippen LogP contribution is 2.30. The molecule has 0 aliphatic carbocycles. The predicted octanol–water partition coefficient (Wildman–Crippen LogP) is 4.72. The molecule has 0 atom stereocenters. The first-order chi connectivity index (χ1) is 11.9. The molecular weight excluding hydrogens is 347 g/mol. The Morgan fingerprint density at radius 3 is 2.68 bits per heavy atom. The highest BCUT2D eigenvalue weighted by Gasteiger charge is 2.30. The number of nitrogens with one attached hydrogen (secondary N) is 3. The molecule has 3 N–H and O–H groups in total. The topological polar surface area (TPSA) is 39.8 Å². The predicted molar refractivity (Wildman–Crippen MR) is 97.7 cm³/mol. The Balaban J connectivity index is 1.55. The van der Waals surface area contributed by atoms with Crippen molar-refractivity contribution in [3.63, 3.8) is 0 Å². The molecule has 0 amide bonds. The lowest BCUT2D eigenvalue weighted by Crippen LogP contribution is -2.30. The zero-order chi connectivity index (χ0) is 17.9. The molecule has 1 heterocycles. The molecule has 0 radical (unpaired) electrons. The molecule has 130 valence electrons. The van der Waals surface area contributed by atoms with Crippen LogP contribution in [0, 0.1) is 0 Å². The van der Waals surface area contributed by atoms with Gasteiger partial charge in [0.15, 0.2) is 5.11 Å². The Morgan fingerprint density at radius 2 is 1.88 bits per heavy atom. The lowest BCUT2D eigenvalue weighted by molar-refractivity contribution is -0.137. The van der Waals surface area contributed by atoms with Crippen LogP contribution in [0.25, 0.3) is 10.9 Å². The summed E-state index contributed by atoms with van der Waals surface area (Å²) in [5.74, 6) is 0. The van der Waals surface area contributed by atoms with Crippen LogP contribution < -0.4 is 10.6 Å². The van der Waals surface area contributed by atoms with Gasteiger partial charge in [0.2, 0.25) is 0 Å². The summed E-state index contributed by atoms with van der Waals surface area (Å²) in [7, 11) is 0. The number of aromatic nitrogens is 1. The van der Waals surface area contributed by atoms with Crippen LogP contribution >= 0.6 is 12.2 Å². The molecule has 7 heteroatoms. The van der Waals surface area contributed by atoms with E-state index in [4.69, 9.17) is 12.2 Å². The lowest BCUT2D eigenvalue weighted by atomic mass is 10.1. The molecule has 0 fully saturated rings. The van der Waals surface area contributed by atoms with Crippen molar-refractivity contribution < 1.29 is 13.2 Å². The number of fused-ring (bicyclic) bond motifs is 1. The molecule has 0 aliphatic heterocycles. The van der Waals surface area contributed by atoms with Gasteiger partial charge in [-0.05, 0) is 48.5 Å². The van der Waals surface area contributed by atoms with Crippen LogP contribution in [0.1, 0.15) is 11.1 Å². The first-order valence-corrected chi connectivity index (χ1v) is 8.11. The van der Waals surface area contributed by atoms with E-state index in [0.717, 1.165) is 35.0 Å². The maximum Gasteiger partial charge on any atom is 0.416 e. The number of benzene rings is 2. The standard InChI is InChI=1S/C18H16F3N3S/c19-18(20,21)13-4-3-5-14(10-13)24-17(25)22-9-8-12-11-23-16-7-2-1-6-15(12)16/h1-7,10-11,23H,8-9H2,(H2,22,24,25). The van der Waals surface area contributed by atoms with E-state index in [1.165, 1.54) is 6.07 Å². The van der Waals surface area contributed by atoms with Gasteiger partial charge in [-0.25, -0.2) is 0 Å². The second-order valence-corrected chi connectivity index (χ2v) is 5.98. The van der Waals surface area contributed by atoms with Crippen molar-refractivity contribution in [2.75, 3.05) is 11.9 Å². The molecule has 0 saturated heterocycles. The van der Waals surface area contributed by atoms with Crippen LogP contribution in [0.3, 0.4) is 0 Å². The number of alkyl halides is 3. The van der Waals surface area contributed by atoms with E-state index in [2.05, 4.69) is 15.6 Å². The Labute approximate surface area is 148 Å². The van der Waals surface area contributed by atoms with Gasteiger partial charge in [-0.2, -0.15) is 13.2 Å². The molecule has 3 aromatic rings. The fraction of sp³-hybridized carbons (Fsp3) is 0.167. The molecule has 25 heavy (non-hydrogen) atoms. The molecule has 3 nitrogen and oxygen atoms in total. The minimum atomic E-state index is -4.37. The fourth-order valence-electron chi connectivity index (χ4n) is 2.60. The normalized spacial score (nSPS) is 11.5. The maximum atomic E-state index is 12.7. The average Bonchev–Trinajstić information content (AvgIpc) is 2.98. The quantitative estimate of drug-likeness (QED) is 0.588. The highest BCUT2D eigenvalue weighted by molar-refractivity contribution is 7.80. The molecule has 0 spiro atoms. The Bertz CT molecular complexity index is 886. The molecule has 0 unspecified atom stereocenters. The van der Waals surface area contributed by atoms with Gasteiger partial charge in [0.1, 0.15) is 0 Å². The van der Waals surface area contributed by atoms with Gasteiger partial charge in [-0.1, -0.05) is 24.3 Å². The molecular formula is C18H16F3N3S. The van der Waals surface area contributed by atoms with Gasteiger partial charge in [0.25, 0.3) is 0 Å². The van der Waals surface area contributed by atoms with E-state index >= 15 is 0 Å². The monoisotopic (exact) mass is 363 g/mol. The number of anilines is 1. The van der Waals surface area contributed by atoms with E-state index < -0.39 is 11.7 Å². The number of hydrogen-bond acceptors (Lipinski definition) is 1. The van der Waals surface area contributed by atoms with Gasteiger partial charge in [0.05, 0.1) is 5.56 Å². The van der Waals surface area contributed by atoms with Crippen molar-refractivity contribution >= 4 is 33.9 Å². The molecule has 3 rings (SSSR count). The zero-order valence-electron chi connectivity index (χ0n) is 13.2. The molecule has 0 aliphatic rings. The zero-order valence-corrected chi connectivity index (χ0v) is 14.0. The first kappa shape index (κ1) is 17.3. The number of rotatable bonds is 4. The van der Waals surface area contributed by atoms with Crippen LogP contribution in [0.4, 0.5) is 18.9 Å². The van der Waals surface area contributed by atoms with Gasteiger partial charge in [-0.3, -0.25) is 0 Å². The largest absolute Gasteiger partial charge is 0.416 e. The second-order valence-electron chi connectivity index (χ2n) is 5.57. The number of hydrogen-bond donors (Lipinski definition) is 3. The SMILES string of the molecule is FC(F)(F)c1cccc(NC(=S)NCCc2c[nH]c3ccccc23)c1. The van der Waals surface area contributed by atoms with E-state index in [1.54, 1.807) is 6.07 Å². The van der Waals surface area contributed by atoms with E-state index in [0.29, 0.717) is 17.3 Å². The van der Waals surface area contributed by atoms with Crippen molar-refractivity contribution in [3.8, 4) is 0 Å². The van der Waals surface area contributed by atoms with E-state index in [9.17, 15) is 13.2 Å². The van der Waals surface area contributed by atoms with Crippen molar-refractivity contribution in [3.05, 3.63) is 65.9 Å². The van der Waals surface area contributed by atoms with Gasteiger partial charge < -0.3 is 15.6 Å². The number of halogens is 3. The van der Waals surface area contributed by atoms with E-state index in [-0.39, 0.29) is 0 Å². The smallest absolute Gasteiger partial charge is 0.362 e. The summed E-state index contributed by atoms with van der Waals surface area (Å²) in [6, 6.07) is 12.9. The Morgan fingerprint density at radius 1 is 1.08 bits per heavy atom. The van der Waals surface area contributed by atoms with Crippen molar-refractivity contribution in [1.29, 1.82) is 0 Å². The summed E-state index contributed by atoms with van der Waals surface area (Å²) in [6.07, 6.45) is -1.67. The summed E-state index contributed by atoms with van der Waals surface area (Å²) in [5, 5.41) is 7.25. The number of aromatic amines is 1. The van der Waals surface area contributed by atoms with Crippen LogP contribution in [0.15, 0.2) is 54.7 Å². The van der Waals surface area contributed by atoms with Gasteiger partial charge >= 0.3 is 6.18 Å². The third kappa shape index (κ3) is 4.30. The van der Waals surface area contributed by atoms with Crippen LogP contribution in [0.5, 0.6) is 0 Å². The third-order valence-electron chi connectivity index (χ3n) is 3.80. The molecule has 2 aromatic carbocycles. The van der Waals surface area contributed by atoms with Crippen molar-refractivity contribution in [1.82, 2.24) is 10.3 Å². The summed E-state index contributed by atoms with van der Waals surface area (Å²) in [6.45, 7) is 0.576. The number of thiocarbonyl (C=S) groups is 1. The van der Waals surface area contributed by atoms with E-state index in [1.807, 2.05) is 30.5 Å². The number of H-pyrrole nitrogens is 1. The first-order valence-electron chi connectivity index (χ1n) is 7.70. The maximum absolute atomic E-state index is 12.7. The number of para-hydroxylation sites is 1. The summed E-state index contributed by atoms with van der Waals surface area (Å²) in [4.78, 5) is 3.20.